The molecule has 1 N–H and O–H groups in total. The van der Waals surface area contributed by atoms with Gasteiger partial charge in [-0.15, -0.1) is 0 Å². The fraction of sp³-hybridized carbons (Fsp3) is 0.182. The van der Waals surface area contributed by atoms with E-state index in [0.29, 0.717) is 0 Å². The van der Waals surface area contributed by atoms with Crippen LogP contribution >= 0.6 is 0 Å². The third-order valence-corrected chi connectivity index (χ3v) is 2.25. The molecule has 0 aliphatic rings. The van der Waals surface area contributed by atoms with Crippen LogP contribution < -0.4 is 0 Å². The van der Waals surface area contributed by atoms with E-state index in [1.54, 1.807) is 10.6 Å². The van der Waals surface area contributed by atoms with E-state index in [4.69, 9.17) is 5.11 Å². The third-order valence-electron chi connectivity index (χ3n) is 2.25. The monoisotopic (exact) mass is 188 g/mol. The topological polar surface area (TPSA) is 42.2 Å². The number of carbonyl (C=O) groups is 1. The Hall–Kier alpha value is -1.77. The number of rotatable bonds is 2. The molecule has 14 heavy (non-hydrogen) atoms. The van der Waals surface area contributed by atoms with Crippen molar-refractivity contribution in [1.29, 1.82) is 0 Å². The highest BCUT2D eigenvalue weighted by molar-refractivity contribution is 5.82. The fourth-order valence-electron chi connectivity index (χ4n) is 1.63. The molecule has 0 amide bonds. The van der Waals surface area contributed by atoms with E-state index in [1.165, 1.54) is 0 Å². The Bertz CT molecular complexity index is 485. The van der Waals surface area contributed by atoms with E-state index in [-0.39, 0.29) is 6.54 Å². The summed E-state index contributed by atoms with van der Waals surface area (Å²) in [7, 11) is 0. The van der Waals surface area contributed by atoms with Crippen molar-refractivity contribution in [2.24, 2.45) is 0 Å². The second kappa shape index (κ2) is 3.18. The molecule has 0 unspecified atom stereocenters. The Labute approximate surface area is 81.6 Å². The van der Waals surface area contributed by atoms with Crippen LogP contribution in [0.5, 0.6) is 0 Å². The molecule has 0 bridgehead atoms. The first-order valence-corrected chi connectivity index (χ1v) is 4.36. The van der Waals surface area contributed by atoms with E-state index >= 15 is 0 Å². The third kappa shape index (κ3) is 1.37. The number of carboxylic acids is 1. The lowest BCUT2D eigenvalue weighted by Gasteiger charge is -2.03. The minimum atomic E-state index is -0.821. The maximum Gasteiger partial charge on any atom is 0.323 e. The molecule has 0 atom stereocenters. The number of benzene rings is 1. The minimum absolute atomic E-state index is 0.0132. The van der Waals surface area contributed by atoms with Gasteiger partial charge in [0, 0.05) is 16.6 Å². The Balaban J connectivity index is 2.62. The summed E-state index contributed by atoms with van der Waals surface area (Å²) >= 11 is 0. The molecule has 1 radical (unpaired) electrons. The van der Waals surface area contributed by atoms with Crippen LogP contribution in [0.3, 0.4) is 0 Å². The van der Waals surface area contributed by atoms with Gasteiger partial charge >= 0.3 is 5.97 Å². The molecule has 1 aromatic carbocycles. The van der Waals surface area contributed by atoms with E-state index in [0.717, 1.165) is 16.6 Å². The second-order valence-corrected chi connectivity index (χ2v) is 3.25. The summed E-state index contributed by atoms with van der Waals surface area (Å²) in [6, 6.07) is 10.5. The van der Waals surface area contributed by atoms with Gasteiger partial charge < -0.3 is 9.67 Å². The second-order valence-electron chi connectivity index (χ2n) is 3.25. The largest absolute Gasteiger partial charge is 0.480 e. The standard InChI is InChI=1S/C11H10NO2/c1-8-6-9-4-2-3-5-10(9)12(8)7-11(13)14/h3-6H,7H2,1H3,(H,13,14). The number of hydrogen-bond acceptors (Lipinski definition) is 1. The van der Waals surface area contributed by atoms with Crippen LogP contribution in [0.1, 0.15) is 5.69 Å². The van der Waals surface area contributed by atoms with Crippen LogP contribution in [-0.4, -0.2) is 15.6 Å². The van der Waals surface area contributed by atoms with Gasteiger partial charge in [0.2, 0.25) is 0 Å². The molecular weight excluding hydrogens is 178 g/mol. The van der Waals surface area contributed by atoms with E-state index < -0.39 is 5.97 Å². The molecule has 2 rings (SSSR count). The Morgan fingerprint density at radius 3 is 3.14 bits per heavy atom. The first kappa shape index (κ1) is 8.81. The average Bonchev–Trinajstić information content (AvgIpc) is 2.43. The molecule has 71 valence electrons. The molecule has 0 aliphatic heterocycles. The van der Waals surface area contributed by atoms with Gasteiger partial charge in [0.25, 0.3) is 0 Å². The lowest BCUT2D eigenvalue weighted by molar-refractivity contribution is -0.137. The van der Waals surface area contributed by atoms with Gasteiger partial charge in [0.15, 0.2) is 0 Å². The van der Waals surface area contributed by atoms with Gasteiger partial charge in [-0.3, -0.25) is 4.79 Å². The summed E-state index contributed by atoms with van der Waals surface area (Å²) in [5, 5.41) is 9.77. The zero-order valence-corrected chi connectivity index (χ0v) is 7.82. The Kier molecular flexibility index (Phi) is 2.00. The van der Waals surface area contributed by atoms with Gasteiger partial charge in [0.05, 0.1) is 0 Å². The van der Waals surface area contributed by atoms with Crippen molar-refractivity contribution in [1.82, 2.24) is 4.57 Å². The number of aryl methyl sites for hydroxylation is 1. The number of hydrogen-bond donors (Lipinski definition) is 1. The van der Waals surface area contributed by atoms with E-state index in [9.17, 15) is 4.79 Å². The summed E-state index contributed by atoms with van der Waals surface area (Å²) in [6.07, 6.45) is 0. The van der Waals surface area contributed by atoms with Crippen molar-refractivity contribution in [3.63, 3.8) is 0 Å². The maximum absolute atomic E-state index is 10.6. The molecule has 0 fully saturated rings. The molecule has 3 heteroatoms. The lowest BCUT2D eigenvalue weighted by Crippen LogP contribution is -2.09. The van der Waals surface area contributed by atoms with Crippen molar-refractivity contribution in [3.8, 4) is 0 Å². The molecule has 0 aliphatic carbocycles. The number of aromatic nitrogens is 1. The summed E-state index contributed by atoms with van der Waals surface area (Å²) in [6.45, 7) is 1.92. The molecule has 0 saturated heterocycles. The quantitative estimate of drug-likeness (QED) is 0.781. The summed E-state index contributed by atoms with van der Waals surface area (Å²) in [5.74, 6) is -0.821. The summed E-state index contributed by atoms with van der Waals surface area (Å²) in [4.78, 5) is 10.6. The van der Waals surface area contributed by atoms with Crippen molar-refractivity contribution in [3.05, 3.63) is 36.0 Å². The number of aliphatic carboxylic acids is 1. The van der Waals surface area contributed by atoms with E-state index in [2.05, 4.69) is 6.07 Å². The van der Waals surface area contributed by atoms with Gasteiger partial charge in [-0.2, -0.15) is 0 Å². The summed E-state index contributed by atoms with van der Waals surface area (Å²) in [5.41, 5.74) is 1.91. The van der Waals surface area contributed by atoms with Crippen LogP contribution in [0.4, 0.5) is 0 Å². The molecule has 1 heterocycles. The highest BCUT2D eigenvalue weighted by Crippen LogP contribution is 2.18. The number of nitrogens with zero attached hydrogens (tertiary/aromatic N) is 1. The maximum atomic E-state index is 10.6. The van der Waals surface area contributed by atoms with Crippen LogP contribution in [-0.2, 0) is 11.3 Å². The highest BCUT2D eigenvalue weighted by Gasteiger charge is 2.07. The lowest BCUT2D eigenvalue weighted by atomic mass is 10.2. The molecule has 2 aromatic rings. The van der Waals surface area contributed by atoms with Gasteiger partial charge in [-0.25, -0.2) is 0 Å². The van der Waals surface area contributed by atoms with Crippen LogP contribution in [0.2, 0.25) is 0 Å². The summed E-state index contributed by atoms with van der Waals surface area (Å²) < 4.78 is 1.78. The zero-order valence-electron chi connectivity index (χ0n) is 7.82. The SMILES string of the molecule is Cc1cc2c[c]ccc2n1CC(=O)O. The fourth-order valence-corrected chi connectivity index (χ4v) is 1.63. The molecule has 0 saturated carbocycles. The Morgan fingerprint density at radius 2 is 2.43 bits per heavy atom. The highest BCUT2D eigenvalue weighted by atomic mass is 16.4. The Morgan fingerprint density at radius 1 is 1.64 bits per heavy atom. The van der Waals surface area contributed by atoms with Gasteiger partial charge in [-0.05, 0) is 31.2 Å². The van der Waals surface area contributed by atoms with Crippen LogP contribution in [0.25, 0.3) is 10.9 Å². The van der Waals surface area contributed by atoms with Crippen LogP contribution in [0.15, 0.2) is 24.3 Å². The molecule has 3 nitrogen and oxygen atoms in total. The van der Waals surface area contributed by atoms with Crippen molar-refractivity contribution in [2.75, 3.05) is 0 Å². The predicted molar refractivity (Wildman–Crippen MR) is 53.1 cm³/mol. The molecule has 0 spiro atoms. The predicted octanol–water partition coefficient (Wildman–Crippen LogP) is 1.83. The first-order chi connectivity index (χ1) is 6.68. The first-order valence-electron chi connectivity index (χ1n) is 4.36. The zero-order chi connectivity index (χ0) is 10.1. The molecule has 1 aromatic heterocycles. The van der Waals surface area contributed by atoms with Crippen molar-refractivity contribution >= 4 is 16.9 Å². The minimum Gasteiger partial charge on any atom is -0.480 e. The average molecular weight is 188 g/mol. The van der Waals surface area contributed by atoms with Crippen molar-refractivity contribution in [2.45, 2.75) is 13.5 Å². The van der Waals surface area contributed by atoms with Crippen LogP contribution in [0, 0.1) is 13.0 Å². The number of fused-ring (bicyclic) bond motifs is 1. The van der Waals surface area contributed by atoms with Crippen molar-refractivity contribution < 1.29 is 9.90 Å². The van der Waals surface area contributed by atoms with Gasteiger partial charge in [0.1, 0.15) is 6.54 Å². The normalized spacial score (nSPS) is 10.6. The number of carboxylic acid groups (broad SMARTS) is 1. The van der Waals surface area contributed by atoms with Gasteiger partial charge in [-0.1, -0.05) is 6.07 Å². The van der Waals surface area contributed by atoms with E-state index in [1.807, 2.05) is 25.1 Å². The molecular formula is C11H10NO2. The smallest absolute Gasteiger partial charge is 0.323 e.